The van der Waals surface area contributed by atoms with Crippen LogP contribution in [0, 0.1) is 0 Å². The molecule has 0 spiro atoms. The van der Waals surface area contributed by atoms with E-state index in [0.717, 1.165) is 11.1 Å². The minimum atomic E-state index is -0.477. The molecule has 0 fully saturated rings. The van der Waals surface area contributed by atoms with Crippen LogP contribution >= 0.6 is 0 Å². The zero-order valence-electron chi connectivity index (χ0n) is 13.5. The standard InChI is InChI=1S/C18H18N2O4/c1-23-15-7-13-12(10-3-5-11(6-4-10)18(19)22)8-17(21)20-14(13)9-16(15)24-2/h3-7,9,12H,8H2,1-2H3,(H2,19,22)(H,20,21). The second-order valence-corrected chi connectivity index (χ2v) is 5.59. The maximum absolute atomic E-state index is 12.1. The molecule has 0 saturated carbocycles. The number of methoxy groups -OCH3 is 2. The van der Waals surface area contributed by atoms with E-state index in [-0.39, 0.29) is 11.8 Å². The van der Waals surface area contributed by atoms with Gasteiger partial charge < -0.3 is 20.5 Å². The molecule has 1 aliphatic rings. The van der Waals surface area contributed by atoms with Crippen LogP contribution in [0.3, 0.4) is 0 Å². The summed E-state index contributed by atoms with van der Waals surface area (Å²) in [6.07, 6.45) is 0.318. The molecule has 2 aromatic carbocycles. The summed E-state index contributed by atoms with van der Waals surface area (Å²) in [6.45, 7) is 0. The van der Waals surface area contributed by atoms with E-state index in [2.05, 4.69) is 5.32 Å². The highest BCUT2D eigenvalue weighted by molar-refractivity contribution is 5.96. The summed E-state index contributed by atoms with van der Waals surface area (Å²) in [6, 6.07) is 10.6. The van der Waals surface area contributed by atoms with Crippen LogP contribution in [0.2, 0.25) is 0 Å². The number of carbonyl (C=O) groups is 2. The van der Waals surface area contributed by atoms with Gasteiger partial charge in [-0.1, -0.05) is 12.1 Å². The summed E-state index contributed by atoms with van der Waals surface area (Å²) in [5.74, 6) is 0.483. The summed E-state index contributed by atoms with van der Waals surface area (Å²) in [5, 5.41) is 2.87. The minimum Gasteiger partial charge on any atom is -0.493 e. The number of benzene rings is 2. The fraction of sp³-hybridized carbons (Fsp3) is 0.222. The molecule has 1 heterocycles. The number of primary amides is 1. The Balaban J connectivity index is 2.07. The van der Waals surface area contributed by atoms with Crippen LogP contribution in [0.25, 0.3) is 0 Å². The third kappa shape index (κ3) is 2.78. The van der Waals surface area contributed by atoms with Crippen molar-refractivity contribution in [2.24, 2.45) is 5.73 Å². The lowest BCUT2D eigenvalue weighted by Crippen LogP contribution is -2.23. The van der Waals surface area contributed by atoms with Crippen molar-refractivity contribution in [3.8, 4) is 11.5 Å². The number of carbonyl (C=O) groups excluding carboxylic acids is 2. The molecular weight excluding hydrogens is 308 g/mol. The summed E-state index contributed by atoms with van der Waals surface area (Å²) >= 11 is 0. The van der Waals surface area contributed by atoms with Crippen LogP contribution in [0.4, 0.5) is 5.69 Å². The number of fused-ring (bicyclic) bond motifs is 1. The fourth-order valence-corrected chi connectivity index (χ4v) is 2.96. The minimum absolute atomic E-state index is 0.0707. The Labute approximate surface area is 139 Å². The summed E-state index contributed by atoms with van der Waals surface area (Å²) in [4.78, 5) is 23.3. The summed E-state index contributed by atoms with van der Waals surface area (Å²) < 4.78 is 10.7. The summed E-state index contributed by atoms with van der Waals surface area (Å²) in [7, 11) is 3.12. The lowest BCUT2D eigenvalue weighted by atomic mass is 9.84. The van der Waals surface area contributed by atoms with Gasteiger partial charge in [0, 0.05) is 29.7 Å². The molecule has 6 heteroatoms. The molecule has 2 aromatic rings. The topological polar surface area (TPSA) is 90.7 Å². The van der Waals surface area contributed by atoms with Gasteiger partial charge in [0.15, 0.2) is 11.5 Å². The molecule has 1 unspecified atom stereocenters. The SMILES string of the molecule is COc1cc2c(cc1OC)C(c1ccc(C(N)=O)cc1)CC(=O)N2. The Morgan fingerprint density at radius 1 is 1.12 bits per heavy atom. The molecule has 3 rings (SSSR count). The Morgan fingerprint density at radius 2 is 1.75 bits per heavy atom. The number of nitrogens with two attached hydrogens (primary N) is 1. The average molecular weight is 326 g/mol. The maximum atomic E-state index is 12.1. The zero-order valence-corrected chi connectivity index (χ0v) is 13.5. The Morgan fingerprint density at radius 3 is 2.33 bits per heavy atom. The third-order valence-corrected chi connectivity index (χ3v) is 4.19. The quantitative estimate of drug-likeness (QED) is 0.902. The average Bonchev–Trinajstić information content (AvgIpc) is 2.59. The van der Waals surface area contributed by atoms with E-state index in [1.165, 1.54) is 0 Å². The van der Waals surface area contributed by atoms with Gasteiger partial charge in [0.05, 0.1) is 14.2 Å². The first-order valence-electron chi connectivity index (χ1n) is 7.49. The van der Waals surface area contributed by atoms with Gasteiger partial charge in [0.2, 0.25) is 11.8 Å². The molecule has 6 nitrogen and oxygen atoms in total. The van der Waals surface area contributed by atoms with Crippen LogP contribution in [0.1, 0.15) is 33.8 Å². The number of hydrogen-bond donors (Lipinski definition) is 2. The Hall–Kier alpha value is -3.02. The van der Waals surface area contributed by atoms with Gasteiger partial charge in [-0.25, -0.2) is 0 Å². The highest BCUT2D eigenvalue weighted by Gasteiger charge is 2.28. The maximum Gasteiger partial charge on any atom is 0.248 e. The van der Waals surface area contributed by atoms with Gasteiger partial charge in [-0.05, 0) is 29.3 Å². The van der Waals surface area contributed by atoms with Crippen LogP contribution in [-0.2, 0) is 4.79 Å². The Bertz CT molecular complexity index is 799. The number of anilines is 1. The first-order valence-corrected chi connectivity index (χ1v) is 7.49. The molecule has 124 valence electrons. The summed E-state index contributed by atoms with van der Waals surface area (Å²) in [5.41, 5.74) is 8.29. The van der Waals surface area contributed by atoms with Crippen molar-refractivity contribution < 1.29 is 19.1 Å². The molecule has 0 bridgehead atoms. The second kappa shape index (κ2) is 6.23. The van der Waals surface area contributed by atoms with Crippen molar-refractivity contribution in [3.63, 3.8) is 0 Å². The predicted octanol–water partition coefficient (Wildman–Crippen LogP) is 2.28. The van der Waals surface area contributed by atoms with Gasteiger partial charge in [0.1, 0.15) is 0 Å². The van der Waals surface area contributed by atoms with E-state index in [4.69, 9.17) is 15.2 Å². The first-order chi connectivity index (χ1) is 11.5. The van der Waals surface area contributed by atoms with Gasteiger partial charge in [-0.2, -0.15) is 0 Å². The number of rotatable bonds is 4. The van der Waals surface area contributed by atoms with Crippen molar-refractivity contribution in [1.82, 2.24) is 0 Å². The monoisotopic (exact) mass is 326 g/mol. The number of amides is 2. The number of ether oxygens (including phenoxy) is 2. The van der Waals surface area contributed by atoms with E-state index in [1.807, 2.05) is 18.2 Å². The van der Waals surface area contributed by atoms with Crippen LogP contribution in [0.5, 0.6) is 11.5 Å². The molecule has 0 radical (unpaired) electrons. The third-order valence-electron chi connectivity index (χ3n) is 4.19. The highest BCUT2D eigenvalue weighted by atomic mass is 16.5. The first kappa shape index (κ1) is 15.9. The number of nitrogens with one attached hydrogen (secondary N) is 1. The highest BCUT2D eigenvalue weighted by Crippen LogP contribution is 2.42. The van der Waals surface area contributed by atoms with Gasteiger partial charge in [0.25, 0.3) is 0 Å². The molecule has 3 N–H and O–H groups in total. The molecule has 24 heavy (non-hydrogen) atoms. The fourth-order valence-electron chi connectivity index (χ4n) is 2.96. The van der Waals surface area contributed by atoms with Crippen molar-refractivity contribution >= 4 is 17.5 Å². The largest absolute Gasteiger partial charge is 0.493 e. The van der Waals surface area contributed by atoms with E-state index < -0.39 is 5.91 Å². The van der Waals surface area contributed by atoms with Gasteiger partial charge in [-0.15, -0.1) is 0 Å². The van der Waals surface area contributed by atoms with Crippen LogP contribution < -0.4 is 20.5 Å². The molecule has 1 aliphatic heterocycles. The lowest BCUT2D eigenvalue weighted by molar-refractivity contribution is -0.116. The molecule has 2 amide bonds. The van der Waals surface area contributed by atoms with E-state index >= 15 is 0 Å². The zero-order chi connectivity index (χ0) is 17.3. The molecule has 0 saturated heterocycles. The van der Waals surface area contributed by atoms with Gasteiger partial charge in [-0.3, -0.25) is 9.59 Å². The smallest absolute Gasteiger partial charge is 0.248 e. The lowest BCUT2D eigenvalue weighted by Gasteiger charge is -2.27. The molecule has 1 atom stereocenters. The predicted molar refractivity (Wildman–Crippen MR) is 89.6 cm³/mol. The number of hydrogen-bond acceptors (Lipinski definition) is 4. The Kier molecular flexibility index (Phi) is 4.12. The van der Waals surface area contributed by atoms with E-state index in [1.54, 1.807) is 32.4 Å². The molecule has 0 aromatic heterocycles. The van der Waals surface area contributed by atoms with Crippen LogP contribution in [0.15, 0.2) is 36.4 Å². The normalized spacial score (nSPS) is 16.1. The van der Waals surface area contributed by atoms with Crippen LogP contribution in [-0.4, -0.2) is 26.0 Å². The van der Waals surface area contributed by atoms with E-state index in [0.29, 0.717) is 29.2 Å². The van der Waals surface area contributed by atoms with E-state index in [9.17, 15) is 9.59 Å². The van der Waals surface area contributed by atoms with Gasteiger partial charge >= 0.3 is 0 Å². The van der Waals surface area contributed by atoms with Crippen molar-refractivity contribution in [1.29, 1.82) is 0 Å². The van der Waals surface area contributed by atoms with Crippen molar-refractivity contribution in [2.45, 2.75) is 12.3 Å². The molecular formula is C18H18N2O4. The van der Waals surface area contributed by atoms with Crippen molar-refractivity contribution in [2.75, 3.05) is 19.5 Å². The molecule has 0 aliphatic carbocycles. The van der Waals surface area contributed by atoms with Crippen molar-refractivity contribution in [3.05, 3.63) is 53.1 Å². The second-order valence-electron chi connectivity index (χ2n) is 5.59.